The smallest absolute Gasteiger partial charge is 0.255 e. The van der Waals surface area contributed by atoms with Crippen molar-refractivity contribution in [3.05, 3.63) is 0 Å². The Morgan fingerprint density at radius 2 is 2.23 bits per heavy atom. The van der Waals surface area contributed by atoms with E-state index in [0.29, 0.717) is 6.42 Å². The molecule has 0 saturated carbocycles. The molecule has 74 valence electrons. The number of hydrogen-bond donors (Lipinski definition) is 0. The standard InChI is InChI=1S/C9H16N2O2/c1-5-9(2,13-4)8(12)11(3)7-6-10/h5,7H2,1-4H3. The molecule has 4 nitrogen and oxygen atoms in total. The Bertz CT molecular complexity index is 216. The van der Waals surface area contributed by atoms with Gasteiger partial charge in [0, 0.05) is 14.2 Å². The Morgan fingerprint density at radius 3 is 2.54 bits per heavy atom. The number of nitriles is 1. The lowest BCUT2D eigenvalue weighted by Gasteiger charge is -2.29. The molecular formula is C9H16N2O2. The summed E-state index contributed by atoms with van der Waals surface area (Å²) in [5.41, 5.74) is -0.800. The van der Waals surface area contributed by atoms with Gasteiger partial charge in [0.15, 0.2) is 0 Å². The Morgan fingerprint density at radius 1 is 1.69 bits per heavy atom. The van der Waals surface area contributed by atoms with Gasteiger partial charge >= 0.3 is 0 Å². The zero-order chi connectivity index (χ0) is 10.5. The molecule has 0 spiro atoms. The van der Waals surface area contributed by atoms with E-state index in [4.69, 9.17) is 10.00 Å². The Kier molecular flexibility index (Phi) is 4.43. The molecule has 0 radical (unpaired) electrons. The van der Waals surface area contributed by atoms with E-state index in [1.54, 1.807) is 14.0 Å². The van der Waals surface area contributed by atoms with Crippen molar-refractivity contribution < 1.29 is 9.53 Å². The molecule has 0 aliphatic carbocycles. The van der Waals surface area contributed by atoms with Crippen molar-refractivity contribution in [2.45, 2.75) is 25.9 Å². The zero-order valence-electron chi connectivity index (χ0n) is 8.63. The summed E-state index contributed by atoms with van der Waals surface area (Å²) in [5, 5.41) is 8.41. The summed E-state index contributed by atoms with van der Waals surface area (Å²) in [6.07, 6.45) is 0.595. The van der Waals surface area contributed by atoms with Crippen LogP contribution in [0.4, 0.5) is 0 Å². The molecule has 1 atom stereocenters. The van der Waals surface area contributed by atoms with E-state index in [9.17, 15) is 4.79 Å². The van der Waals surface area contributed by atoms with Crippen LogP contribution >= 0.6 is 0 Å². The predicted molar refractivity (Wildman–Crippen MR) is 49.0 cm³/mol. The first-order valence-electron chi connectivity index (χ1n) is 4.19. The van der Waals surface area contributed by atoms with Crippen molar-refractivity contribution in [3.63, 3.8) is 0 Å². The van der Waals surface area contributed by atoms with E-state index in [1.165, 1.54) is 12.0 Å². The van der Waals surface area contributed by atoms with Crippen LogP contribution in [-0.2, 0) is 9.53 Å². The van der Waals surface area contributed by atoms with Gasteiger partial charge in [-0.05, 0) is 13.3 Å². The average molecular weight is 184 g/mol. The molecule has 0 aliphatic rings. The summed E-state index contributed by atoms with van der Waals surface area (Å²) >= 11 is 0. The summed E-state index contributed by atoms with van der Waals surface area (Å²) in [6.45, 7) is 3.70. The lowest BCUT2D eigenvalue weighted by molar-refractivity contribution is -0.151. The Hall–Kier alpha value is -1.08. The second-order valence-electron chi connectivity index (χ2n) is 3.11. The minimum absolute atomic E-state index is 0.0950. The number of carbonyl (C=O) groups excluding carboxylic acids is 1. The molecule has 0 fully saturated rings. The van der Waals surface area contributed by atoms with Crippen LogP contribution in [0.15, 0.2) is 0 Å². The monoisotopic (exact) mass is 184 g/mol. The third-order valence-electron chi connectivity index (χ3n) is 2.23. The van der Waals surface area contributed by atoms with E-state index in [0.717, 1.165) is 0 Å². The largest absolute Gasteiger partial charge is 0.369 e. The fraction of sp³-hybridized carbons (Fsp3) is 0.778. The third-order valence-corrected chi connectivity index (χ3v) is 2.23. The van der Waals surface area contributed by atoms with Gasteiger partial charge in [-0.15, -0.1) is 0 Å². The zero-order valence-corrected chi connectivity index (χ0v) is 8.63. The van der Waals surface area contributed by atoms with E-state index in [1.807, 2.05) is 13.0 Å². The van der Waals surface area contributed by atoms with Crippen molar-refractivity contribution in [3.8, 4) is 6.07 Å². The molecule has 0 aromatic heterocycles. The minimum Gasteiger partial charge on any atom is -0.369 e. The maximum atomic E-state index is 11.7. The molecule has 0 heterocycles. The van der Waals surface area contributed by atoms with Crippen LogP contribution in [0.25, 0.3) is 0 Å². The molecule has 1 unspecified atom stereocenters. The Labute approximate surface area is 79.1 Å². The molecule has 0 saturated heterocycles. The van der Waals surface area contributed by atoms with Crippen molar-refractivity contribution in [1.29, 1.82) is 5.26 Å². The highest BCUT2D eigenvalue weighted by atomic mass is 16.5. The summed E-state index contributed by atoms with van der Waals surface area (Å²) in [5.74, 6) is -0.154. The summed E-state index contributed by atoms with van der Waals surface area (Å²) in [6, 6.07) is 1.92. The fourth-order valence-corrected chi connectivity index (χ4v) is 0.964. The fourth-order valence-electron chi connectivity index (χ4n) is 0.964. The second-order valence-corrected chi connectivity index (χ2v) is 3.11. The van der Waals surface area contributed by atoms with Crippen LogP contribution < -0.4 is 0 Å². The van der Waals surface area contributed by atoms with Gasteiger partial charge < -0.3 is 9.64 Å². The molecule has 0 bridgehead atoms. The number of nitrogens with zero attached hydrogens (tertiary/aromatic N) is 2. The molecule has 0 rings (SSSR count). The molecule has 0 aromatic rings. The van der Waals surface area contributed by atoms with Crippen molar-refractivity contribution in [2.24, 2.45) is 0 Å². The van der Waals surface area contributed by atoms with Gasteiger partial charge in [-0.2, -0.15) is 5.26 Å². The highest BCUT2D eigenvalue weighted by Crippen LogP contribution is 2.16. The summed E-state index contributed by atoms with van der Waals surface area (Å²) in [7, 11) is 3.10. The number of ether oxygens (including phenoxy) is 1. The van der Waals surface area contributed by atoms with E-state index in [-0.39, 0.29) is 12.5 Å². The van der Waals surface area contributed by atoms with Crippen LogP contribution in [0, 0.1) is 11.3 Å². The molecule has 13 heavy (non-hydrogen) atoms. The highest BCUT2D eigenvalue weighted by molar-refractivity contribution is 5.84. The van der Waals surface area contributed by atoms with Crippen molar-refractivity contribution >= 4 is 5.91 Å². The molecule has 0 N–H and O–H groups in total. The summed E-state index contributed by atoms with van der Waals surface area (Å²) in [4.78, 5) is 13.0. The minimum atomic E-state index is -0.800. The van der Waals surface area contributed by atoms with Crippen LogP contribution in [0.2, 0.25) is 0 Å². The van der Waals surface area contributed by atoms with Crippen LogP contribution in [0.3, 0.4) is 0 Å². The first-order valence-corrected chi connectivity index (χ1v) is 4.19. The van der Waals surface area contributed by atoms with Gasteiger partial charge in [-0.3, -0.25) is 4.79 Å². The third kappa shape index (κ3) is 2.71. The molecule has 0 aliphatic heterocycles. The normalized spacial score (nSPS) is 14.4. The van der Waals surface area contributed by atoms with Gasteiger partial charge in [0.2, 0.25) is 0 Å². The van der Waals surface area contributed by atoms with Crippen molar-refractivity contribution in [1.82, 2.24) is 4.90 Å². The average Bonchev–Trinajstić information content (AvgIpc) is 2.16. The number of amides is 1. The predicted octanol–water partition coefficient (Wildman–Crippen LogP) is 0.783. The van der Waals surface area contributed by atoms with Gasteiger partial charge in [0.1, 0.15) is 12.1 Å². The lowest BCUT2D eigenvalue weighted by atomic mass is 10.0. The van der Waals surface area contributed by atoms with Crippen LogP contribution in [-0.4, -0.2) is 37.1 Å². The quantitative estimate of drug-likeness (QED) is 0.607. The molecular weight excluding hydrogens is 168 g/mol. The van der Waals surface area contributed by atoms with Crippen molar-refractivity contribution in [2.75, 3.05) is 20.7 Å². The first-order chi connectivity index (χ1) is 6.01. The van der Waals surface area contributed by atoms with E-state index >= 15 is 0 Å². The van der Waals surface area contributed by atoms with E-state index in [2.05, 4.69) is 0 Å². The number of carbonyl (C=O) groups is 1. The summed E-state index contributed by atoms with van der Waals surface area (Å²) < 4.78 is 5.12. The van der Waals surface area contributed by atoms with Gasteiger partial charge in [-0.25, -0.2) is 0 Å². The second kappa shape index (κ2) is 4.83. The SMILES string of the molecule is CCC(C)(OC)C(=O)N(C)CC#N. The van der Waals surface area contributed by atoms with Crippen LogP contribution in [0.5, 0.6) is 0 Å². The van der Waals surface area contributed by atoms with Gasteiger partial charge in [0.25, 0.3) is 5.91 Å². The Balaban J connectivity index is 4.48. The number of likely N-dealkylation sites (N-methyl/N-ethyl adjacent to an activating group) is 1. The highest BCUT2D eigenvalue weighted by Gasteiger charge is 2.33. The van der Waals surface area contributed by atoms with E-state index < -0.39 is 5.60 Å². The number of rotatable bonds is 4. The van der Waals surface area contributed by atoms with Gasteiger partial charge in [0.05, 0.1) is 6.07 Å². The number of methoxy groups -OCH3 is 1. The number of hydrogen-bond acceptors (Lipinski definition) is 3. The maximum absolute atomic E-state index is 11.7. The molecule has 1 amide bonds. The lowest BCUT2D eigenvalue weighted by Crippen LogP contribution is -2.46. The molecule has 0 aromatic carbocycles. The topological polar surface area (TPSA) is 53.3 Å². The maximum Gasteiger partial charge on any atom is 0.255 e. The van der Waals surface area contributed by atoms with Crippen LogP contribution in [0.1, 0.15) is 20.3 Å². The molecule has 4 heteroatoms. The first kappa shape index (κ1) is 11.9. The van der Waals surface area contributed by atoms with Gasteiger partial charge in [-0.1, -0.05) is 6.92 Å².